The number of β-amino-alcohol motifs (C(OH)–C–C–N with tert-alkyl or cyclic N) is 1. The van der Waals surface area contributed by atoms with Crippen LogP contribution < -0.4 is 4.90 Å². The Morgan fingerprint density at radius 3 is 2.52 bits per heavy atom. The van der Waals surface area contributed by atoms with E-state index in [1.165, 1.54) is 35.2 Å². The minimum atomic E-state index is -0.233. The Kier molecular flexibility index (Phi) is 4.60. The van der Waals surface area contributed by atoms with Gasteiger partial charge in [0.25, 0.3) is 0 Å². The van der Waals surface area contributed by atoms with Gasteiger partial charge in [0, 0.05) is 53.9 Å². The number of anilines is 1. The molecule has 0 amide bonds. The van der Waals surface area contributed by atoms with E-state index in [0.29, 0.717) is 17.6 Å². The minimum absolute atomic E-state index is 0.233. The van der Waals surface area contributed by atoms with Gasteiger partial charge in [-0.3, -0.25) is 4.90 Å². The molecule has 1 saturated heterocycles. The van der Waals surface area contributed by atoms with Gasteiger partial charge in [-0.15, -0.1) is 0 Å². The zero-order valence-corrected chi connectivity index (χ0v) is 16.8. The van der Waals surface area contributed by atoms with Gasteiger partial charge in [0.15, 0.2) is 0 Å². The van der Waals surface area contributed by atoms with Gasteiger partial charge < -0.3 is 10.0 Å². The number of aliphatic hydroxyl groups is 1. The molecule has 2 atom stereocenters. The van der Waals surface area contributed by atoms with Crippen LogP contribution in [0, 0.1) is 0 Å². The molecule has 0 radical (unpaired) electrons. The lowest BCUT2D eigenvalue weighted by Crippen LogP contribution is -2.36. The summed E-state index contributed by atoms with van der Waals surface area (Å²) in [5.41, 5.74) is 5.03. The maximum Gasteiger partial charge on any atom is 0.0731 e. The molecule has 0 unspecified atom stereocenters. The summed E-state index contributed by atoms with van der Waals surface area (Å²) < 4.78 is 0. The average molecular weight is 403 g/mol. The summed E-state index contributed by atoms with van der Waals surface area (Å²) >= 11 is 13.0. The van der Waals surface area contributed by atoms with Crippen LogP contribution in [0.2, 0.25) is 10.0 Å². The van der Waals surface area contributed by atoms with E-state index < -0.39 is 0 Å². The lowest BCUT2D eigenvalue weighted by molar-refractivity contribution is 0.198. The Labute approximate surface area is 170 Å². The highest BCUT2D eigenvalue weighted by molar-refractivity contribution is 6.35. The van der Waals surface area contributed by atoms with E-state index in [9.17, 15) is 5.11 Å². The van der Waals surface area contributed by atoms with Crippen molar-refractivity contribution in [2.45, 2.75) is 43.9 Å². The van der Waals surface area contributed by atoms with Crippen LogP contribution >= 0.6 is 23.2 Å². The molecule has 0 bridgehead atoms. The van der Waals surface area contributed by atoms with Crippen molar-refractivity contribution < 1.29 is 5.11 Å². The van der Waals surface area contributed by atoms with Crippen LogP contribution in [0.25, 0.3) is 0 Å². The topological polar surface area (TPSA) is 26.7 Å². The average Bonchev–Trinajstić information content (AvgIpc) is 3.42. The number of halogens is 2. The molecule has 142 valence electrons. The summed E-state index contributed by atoms with van der Waals surface area (Å²) in [7, 11) is 0. The molecule has 2 heterocycles. The first kappa shape index (κ1) is 17.8. The molecule has 5 heteroatoms. The monoisotopic (exact) mass is 402 g/mol. The quantitative estimate of drug-likeness (QED) is 0.807. The normalized spacial score (nSPS) is 25.7. The molecule has 27 heavy (non-hydrogen) atoms. The second-order valence-electron chi connectivity index (χ2n) is 8.12. The van der Waals surface area contributed by atoms with Crippen molar-refractivity contribution in [3.05, 3.63) is 63.1 Å². The van der Waals surface area contributed by atoms with Crippen LogP contribution in [0.15, 0.2) is 36.4 Å². The van der Waals surface area contributed by atoms with Crippen molar-refractivity contribution in [3.63, 3.8) is 0 Å². The fourth-order valence-corrected chi connectivity index (χ4v) is 5.29. The van der Waals surface area contributed by atoms with E-state index in [-0.39, 0.29) is 12.0 Å². The Balaban J connectivity index is 1.60. The fraction of sp³-hybridized carbons (Fsp3) is 0.455. The third-order valence-corrected chi connectivity index (χ3v) is 6.78. The number of para-hydroxylation sites is 1. The summed E-state index contributed by atoms with van der Waals surface area (Å²) in [5.74, 6) is 0.250. The molecule has 2 fully saturated rings. The predicted octanol–water partition coefficient (Wildman–Crippen LogP) is 4.67. The van der Waals surface area contributed by atoms with Crippen LogP contribution in [-0.2, 0) is 6.54 Å². The highest BCUT2D eigenvalue weighted by atomic mass is 35.5. The molecular weight excluding hydrogens is 379 g/mol. The first-order valence-corrected chi connectivity index (χ1v) is 10.6. The number of aliphatic hydroxyl groups excluding tert-OH is 1. The Morgan fingerprint density at radius 2 is 1.78 bits per heavy atom. The van der Waals surface area contributed by atoms with Crippen LogP contribution in [0.5, 0.6) is 0 Å². The number of fused-ring (bicyclic) bond motifs is 1. The number of benzene rings is 2. The van der Waals surface area contributed by atoms with Crippen molar-refractivity contribution in [2.24, 2.45) is 0 Å². The summed E-state index contributed by atoms with van der Waals surface area (Å²) in [4.78, 5) is 4.91. The van der Waals surface area contributed by atoms with Crippen LogP contribution in [-0.4, -0.2) is 41.8 Å². The molecule has 2 aliphatic heterocycles. The smallest absolute Gasteiger partial charge is 0.0731 e. The molecule has 2 aromatic rings. The first-order valence-electron chi connectivity index (χ1n) is 9.84. The molecule has 0 spiro atoms. The van der Waals surface area contributed by atoms with Crippen molar-refractivity contribution >= 4 is 28.9 Å². The maximum absolute atomic E-state index is 10.0. The number of nitrogens with zero attached hydrogens (tertiary/aromatic N) is 2. The van der Waals surface area contributed by atoms with E-state index >= 15 is 0 Å². The summed E-state index contributed by atoms with van der Waals surface area (Å²) in [5, 5.41) is 11.5. The van der Waals surface area contributed by atoms with E-state index in [0.717, 1.165) is 31.1 Å². The van der Waals surface area contributed by atoms with Gasteiger partial charge in [-0.25, -0.2) is 0 Å². The van der Waals surface area contributed by atoms with Crippen molar-refractivity contribution in [1.82, 2.24) is 4.90 Å². The van der Waals surface area contributed by atoms with E-state index in [2.05, 4.69) is 40.1 Å². The van der Waals surface area contributed by atoms with Crippen molar-refractivity contribution in [3.8, 4) is 0 Å². The van der Waals surface area contributed by atoms with Gasteiger partial charge in [-0.05, 0) is 54.2 Å². The third kappa shape index (κ3) is 3.36. The molecule has 0 aromatic heterocycles. The SMILES string of the molecule is O[C@H]1CCN(c2ccccc2[C@@H]2CN(C3CC3)Cc3c(Cl)cc(Cl)cc32)C1. The molecule has 2 aromatic carbocycles. The molecule has 5 rings (SSSR count). The maximum atomic E-state index is 10.0. The van der Waals surface area contributed by atoms with E-state index in [1.54, 1.807) is 0 Å². The van der Waals surface area contributed by atoms with E-state index in [1.807, 2.05) is 6.07 Å². The van der Waals surface area contributed by atoms with Gasteiger partial charge in [0.05, 0.1) is 6.10 Å². The third-order valence-electron chi connectivity index (χ3n) is 6.23. The second-order valence-corrected chi connectivity index (χ2v) is 8.96. The summed E-state index contributed by atoms with van der Waals surface area (Å²) in [6.45, 7) is 3.53. The predicted molar refractivity (Wildman–Crippen MR) is 111 cm³/mol. The second kappa shape index (κ2) is 6.97. The van der Waals surface area contributed by atoms with Crippen LogP contribution in [0.3, 0.4) is 0 Å². The largest absolute Gasteiger partial charge is 0.391 e. The summed E-state index contributed by atoms with van der Waals surface area (Å²) in [6, 6.07) is 13.3. The Hall–Kier alpha value is -1.26. The fourth-order valence-electron chi connectivity index (χ4n) is 4.72. The number of hydrogen-bond acceptors (Lipinski definition) is 3. The van der Waals surface area contributed by atoms with Gasteiger partial charge in [-0.2, -0.15) is 0 Å². The highest BCUT2D eigenvalue weighted by Crippen LogP contribution is 2.44. The molecule has 3 aliphatic rings. The van der Waals surface area contributed by atoms with Gasteiger partial charge >= 0.3 is 0 Å². The molecule has 1 N–H and O–H groups in total. The Bertz CT molecular complexity index is 867. The number of rotatable bonds is 3. The highest BCUT2D eigenvalue weighted by Gasteiger charge is 2.37. The lowest BCUT2D eigenvalue weighted by atomic mass is 9.83. The zero-order valence-electron chi connectivity index (χ0n) is 15.2. The van der Waals surface area contributed by atoms with Gasteiger partial charge in [-0.1, -0.05) is 41.4 Å². The standard InChI is InChI=1S/C22H24Cl2N2O/c23-14-9-18-19(12-26(15-5-6-15)13-20(18)21(24)10-14)17-3-1-2-4-22(17)25-8-7-16(27)11-25/h1-4,9-10,15-16,19,27H,5-8,11-13H2/t16-,19-/m0/s1. The van der Waals surface area contributed by atoms with Crippen molar-refractivity contribution in [2.75, 3.05) is 24.5 Å². The molecule has 1 saturated carbocycles. The number of hydrogen-bond donors (Lipinski definition) is 1. The lowest BCUT2D eigenvalue weighted by Gasteiger charge is -2.37. The zero-order chi connectivity index (χ0) is 18.5. The Morgan fingerprint density at radius 1 is 0.963 bits per heavy atom. The molecular formula is C22H24Cl2N2O. The van der Waals surface area contributed by atoms with Crippen molar-refractivity contribution in [1.29, 1.82) is 0 Å². The minimum Gasteiger partial charge on any atom is -0.391 e. The molecule has 3 nitrogen and oxygen atoms in total. The van der Waals surface area contributed by atoms with Crippen LogP contribution in [0.4, 0.5) is 5.69 Å². The van der Waals surface area contributed by atoms with Gasteiger partial charge in [0.1, 0.15) is 0 Å². The summed E-state index contributed by atoms with van der Waals surface area (Å²) in [6.07, 6.45) is 3.17. The molecule has 1 aliphatic carbocycles. The first-order chi connectivity index (χ1) is 13.1. The van der Waals surface area contributed by atoms with Gasteiger partial charge in [0.2, 0.25) is 0 Å². The van der Waals surface area contributed by atoms with Crippen LogP contribution in [0.1, 0.15) is 41.9 Å². The van der Waals surface area contributed by atoms with E-state index in [4.69, 9.17) is 23.2 Å².